The summed E-state index contributed by atoms with van der Waals surface area (Å²) in [4.78, 5) is 14.5. The van der Waals surface area contributed by atoms with Gasteiger partial charge in [0.1, 0.15) is 0 Å². The molecule has 0 radical (unpaired) electrons. The van der Waals surface area contributed by atoms with E-state index in [0.717, 1.165) is 30.5 Å². The van der Waals surface area contributed by atoms with E-state index in [0.29, 0.717) is 18.8 Å². The summed E-state index contributed by atoms with van der Waals surface area (Å²) in [7, 11) is 0. The smallest absolute Gasteiger partial charge is 0.274 e. The van der Waals surface area contributed by atoms with Gasteiger partial charge in [-0.1, -0.05) is 0 Å². The number of H-pyrrole nitrogens is 1. The second kappa shape index (κ2) is 4.96. The van der Waals surface area contributed by atoms with E-state index in [1.165, 1.54) is 6.42 Å². The third-order valence-corrected chi connectivity index (χ3v) is 3.97. The molecule has 0 aromatic carbocycles. The maximum absolute atomic E-state index is 12.6. The van der Waals surface area contributed by atoms with Crippen LogP contribution in [-0.4, -0.2) is 46.3 Å². The molecule has 1 aromatic rings. The van der Waals surface area contributed by atoms with Crippen LogP contribution in [0, 0.1) is 0 Å². The molecule has 19 heavy (non-hydrogen) atoms. The number of nitrogens with one attached hydrogen (secondary N) is 1. The lowest BCUT2D eigenvalue weighted by Gasteiger charge is -2.35. The van der Waals surface area contributed by atoms with Gasteiger partial charge in [0.2, 0.25) is 0 Å². The Labute approximate surface area is 113 Å². The quantitative estimate of drug-likeness (QED) is 0.836. The fraction of sp³-hybridized carbons (Fsp3) is 0.714. The zero-order chi connectivity index (χ0) is 13.4. The van der Waals surface area contributed by atoms with Crippen molar-refractivity contribution in [2.24, 2.45) is 0 Å². The minimum Gasteiger partial charge on any atom is -0.372 e. The predicted octanol–water partition coefficient (Wildman–Crippen LogP) is 1.54. The number of aryl methyl sites for hydroxylation is 1. The number of carbonyl (C=O) groups excluding carboxylic acids is 1. The SMILES string of the molecule is C[C@@H]1CN(C(=O)c2n[nH]c3c2CCCC3)C[C@H](C)O1. The lowest BCUT2D eigenvalue weighted by atomic mass is 9.95. The lowest BCUT2D eigenvalue weighted by Crippen LogP contribution is -2.48. The van der Waals surface area contributed by atoms with Crippen LogP contribution < -0.4 is 0 Å². The Bertz CT molecular complexity index is 473. The van der Waals surface area contributed by atoms with Gasteiger partial charge in [-0.05, 0) is 39.5 Å². The Morgan fingerprint density at radius 1 is 1.26 bits per heavy atom. The zero-order valence-corrected chi connectivity index (χ0v) is 11.6. The van der Waals surface area contributed by atoms with Crippen LogP contribution >= 0.6 is 0 Å². The van der Waals surface area contributed by atoms with Crippen LogP contribution in [0.3, 0.4) is 0 Å². The average molecular weight is 263 g/mol. The molecule has 1 fully saturated rings. The highest BCUT2D eigenvalue weighted by atomic mass is 16.5. The second-order valence-corrected chi connectivity index (χ2v) is 5.70. The van der Waals surface area contributed by atoms with E-state index < -0.39 is 0 Å². The molecule has 1 aliphatic heterocycles. The molecule has 5 nitrogen and oxygen atoms in total. The van der Waals surface area contributed by atoms with Crippen LogP contribution in [-0.2, 0) is 17.6 Å². The minimum absolute atomic E-state index is 0.0569. The third-order valence-electron chi connectivity index (χ3n) is 3.97. The summed E-state index contributed by atoms with van der Waals surface area (Å²) in [6, 6.07) is 0. The third kappa shape index (κ3) is 2.39. The number of hydrogen-bond donors (Lipinski definition) is 1. The van der Waals surface area contributed by atoms with Crippen molar-refractivity contribution in [2.75, 3.05) is 13.1 Å². The second-order valence-electron chi connectivity index (χ2n) is 5.70. The number of aromatic amines is 1. The molecular formula is C14H21N3O2. The monoisotopic (exact) mass is 263 g/mol. The molecule has 1 aromatic heterocycles. The summed E-state index contributed by atoms with van der Waals surface area (Å²) in [5.74, 6) is 0.0569. The Hall–Kier alpha value is -1.36. The summed E-state index contributed by atoms with van der Waals surface area (Å²) in [6.07, 6.45) is 4.54. The molecule has 0 saturated carbocycles. The van der Waals surface area contributed by atoms with Gasteiger partial charge in [0.25, 0.3) is 5.91 Å². The van der Waals surface area contributed by atoms with E-state index in [2.05, 4.69) is 10.2 Å². The molecule has 2 aliphatic rings. The number of hydrogen-bond acceptors (Lipinski definition) is 3. The van der Waals surface area contributed by atoms with Gasteiger partial charge in [-0.25, -0.2) is 0 Å². The van der Waals surface area contributed by atoms with E-state index in [9.17, 15) is 4.79 Å². The van der Waals surface area contributed by atoms with Crippen molar-refractivity contribution in [2.45, 2.75) is 51.7 Å². The van der Waals surface area contributed by atoms with E-state index in [1.807, 2.05) is 18.7 Å². The normalized spacial score (nSPS) is 27.2. The van der Waals surface area contributed by atoms with Crippen molar-refractivity contribution < 1.29 is 9.53 Å². The minimum atomic E-state index is 0.0569. The molecule has 0 spiro atoms. The molecule has 0 bridgehead atoms. The van der Waals surface area contributed by atoms with E-state index >= 15 is 0 Å². The number of rotatable bonds is 1. The summed E-state index contributed by atoms with van der Waals surface area (Å²) < 4.78 is 5.67. The van der Waals surface area contributed by atoms with Gasteiger partial charge in [-0.15, -0.1) is 0 Å². The molecule has 0 unspecified atom stereocenters. The number of ether oxygens (including phenoxy) is 1. The van der Waals surface area contributed by atoms with E-state index in [1.54, 1.807) is 0 Å². The Morgan fingerprint density at radius 2 is 1.95 bits per heavy atom. The van der Waals surface area contributed by atoms with Crippen molar-refractivity contribution >= 4 is 5.91 Å². The molecule has 2 atom stereocenters. The van der Waals surface area contributed by atoms with Gasteiger partial charge in [0.05, 0.1) is 12.2 Å². The maximum atomic E-state index is 12.6. The Morgan fingerprint density at radius 3 is 2.68 bits per heavy atom. The van der Waals surface area contributed by atoms with Gasteiger partial charge in [-0.2, -0.15) is 5.10 Å². The summed E-state index contributed by atoms with van der Waals surface area (Å²) in [5.41, 5.74) is 2.93. The number of aromatic nitrogens is 2. The summed E-state index contributed by atoms with van der Waals surface area (Å²) in [5, 5.41) is 7.31. The van der Waals surface area contributed by atoms with Gasteiger partial charge >= 0.3 is 0 Å². The van der Waals surface area contributed by atoms with Crippen molar-refractivity contribution in [1.29, 1.82) is 0 Å². The fourth-order valence-corrected chi connectivity index (χ4v) is 3.15. The number of morpholine rings is 1. The highest BCUT2D eigenvalue weighted by Crippen LogP contribution is 2.24. The number of amides is 1. The van der Waals surface area contributed by atoms with Crippen LogP contribution in [0.2, 0.25) is 0 Å². The molecule has 5 heteroatoms. The molecule has 1 saturated heterocycles. The van der Waals surface area contributed by atoms with Gasteiger partial charge < -0.3 is 9.64 Å². The molecule has 1 amide bonds. The van der Waals surface area contributed by atoms with Crippen LogP contribution in [0.5, 0.6) is 0 Å². The average Bonchev–Trinajstić information content (AvgIpc) is 2.80. The summed E-state index contributed by atoms with van der Waals surface area (Å²) >= 11 is 0. The maximum Gasteiger partial charge on any atom is 0.274 e. The lowest BCUT2D eigenvalue weighted by molar-refractivity contribution is -0.0587. The first-order chi connectivity index (χ1) is 9.15. The first-order valence-electron chi connectivity index (χ1n) is 7.16. The topological polar surface area (TPSA) is 58.2 Å². The largest absolute Gasteiger partial charge is 0.372 e. The zero-order valence-electron chi connectivity index (χ0n) is 11.6. The van der Waals surface area contributed by atoms with Crippen molar-refractivity contribution in [1.82, 2.24) is 15.1 Å². The van der Waals surface area contributed by atoms with Crippen molar-refractivity contribution in [3.63, 3.8) is 0 Å². The molecular weight excluding hydrogens is 242 g/mol. The molecule has 3 rings (SSSR count). The van der Waals surface area contributed by atoms with Crippen LogP contribution in [0.1, 0.15) is 48.4 Å². The number of fused-ring (bicyclic) bond motifs is 1. The van der Waals surface area contributed by atoms with Crippen LogP contribution in [0.4, 0.5) is 0 Å². The van der Waals surface area contributed by atoms with Crippen molar-refractivity contribution in [3.8, 4) is 0 Å². The van der Waals surface area contributed by atoms with Gasteiger partial charge in [0, 0.05) is 24.3 Å². The molecule has 104 valence electrons. The van der Waals surface area contributed by atoms with E-state index in [-0.39, 0.29) is 18.1 Å². The highest BCUT2D eigenvalue weighted by Gasteiger charge is 2.30. The Balaban J connectivity index is 1.82. The van der Waals surface area contributed by atoms with Crippen LogP contribution in [0.25, 0.3) is 0 Å². The van der Waals surface area contributed by atoms with Gasteiger partial charge in [-0.3, -0.25) is 9.89 Å². The standard InChI is InChI=1S/C14H21N3O2/c1-9-7-17(8-10(2)19-9)14(18)13-11-5-3-4-6-12(11)15-16-13/h9-10H,3-8H2,1-2H3,(H,15,16)/t9-,10+. The van der Waals surface area contributed by atoms with Crippen molar-refractivity contribution in [3.05, 3.63) is 17.0 Å². The number of carbonyl (C=O) groups is 1. The fourth-order valence-electron chi connectivity index (χ4n) is 3.15. The number of nitrogens with zero attached hydrogens (tertiary/aromatic N) is 2. The summed E-state index contributed by atoms with van der Waals surface area (Å²) in [6.45, 7) is 5.33. The Kier molecular flexibility index (Phi) is 3.31. The van der Waals surface area contributed by atoms with Crippen LogP contribution in [0.15, 0.2) is 0 Å². The first kappa shape index (κ1) is 12.7. The molecule has 2 heterocycles. The van der Waals surface area contributed by atoms with E-state index in [4.69, 9.17) is 4.74 Å². The predicted molar refractivity (Wildman–Crippen MR) is 71.1 cm³/mol. The molecule has 1 N–H and O–H groups in total. The first-order valence-corrected chi connectivity index (χ1v) is 7.16. The highest BCUT2D eigenvalue weighted by molar-refractivity contribution is 5.94. The van der Waals surface area contributed by atoms with Gasteiger partial charge in [0.15, 0.2) is 5.69 Å². The molecule has 1 aliphatic carbocycles.